The van der Waals surface area contributed by atoms with Crippen LogP contribution in [0.1, 0.15) is 6.42 Å². The van der Waals surface area contributed by atoms with Crippen molar-refractivity contribution in [3.05, 3.63) is 0 Å². The van der Waals surface area contributed by atoms with Crippen LogP contribution in [0.5, 0.6) is 0 Å². The fourth-order valence-electron chi connectivity index (χ4n) is 1.93. The van der Waals surface area contributed by atoms with E-state index in [0.717, 1.165) is 6.26 Å². The Kier molecular flexibility index (Phi) is 4.67. The van der Waals surface area contributed by atoms with Gasteiger partial charge in [-0.25, -0.2) is 21.1 Å². The van der Waals surface area contributed by atoms with Crippen LogP contribution in [0.2, 0.25) is 0 Å². The molecule has 1 atom stereocenters. The predicted octanol–water partition coefficient (Wildman–Crippen LogP) is -0.300. The molecule has 1 aliphatic rings. The maximum absolute atomic E-state index is 12.9. The molecule has 12 heteroatoms. The molecule has 0 saturated carbocycles. The lowest BCUT2D eigenvalue weighted by Crippen LogP contribution is -2.48. The molecule has 1 aliphatic heterocycles. The van der Waals surface area contributed by atoms with Crippen LogP contribution in [-0.4, -0.2) is 69.2 Å². The predicted molar refractivity (Wildman–Crippen MR) is 65.8 cm³/mol. The molecule has 0 bridgehead atoms. The molecule has 0 aromatic heterocycles. The molecule has 0 spiro atoms. The van der Waals surface area contributed by atoms with E-state index in [1.54, 1.807) is 0 Å². The van der Waals surface area contributed by atoms with Crippen LogP contribution in [0.4, 0.5) is 13.2 Å². The van der Waals surface area contributed by atoms with Gasteiger partial charge in [0.1, 0.15) is 9.84 Å². The Morgan fingerprint density at radius 1 is 1.24 bits per heavy atom. The molecule has 1 N–H and O–H groups in total. The van der Waals surface area contributed by atoms with Crippen molar-refractivity contribution in [1.82, 2.24) is 4.31 Å². The number of sulfonamides is 1. The number of alkyl halides is 3. The van der Waals surface area contributed by atoms with Crippen molar-refractivity contribution in [1.29, 1.82) is 0 Å². The first-order valence-electron chi connectivity index (χ1n) is 5.67. The Labute approximate surface area is 119 Å². The maximum atomic E-state index is 12.9. The summed E-state index contributed by atoms with van der Waals surface area (Å²) in [5.74, 6) is -3.76. The van der Waals surface area contributed by atoms with Crippen molar-refractivity contribution >= 4 is 25.8 Å². The second kappa shape index (κ2) is 5.39. The monoisotopic (exact) mass is 353 g/mol. The molecule has 1 unspecified atom stereocenters. The largest absolute Gasteiger partial charge is 0.481 e. The average Bonchev–Trinajstić information content (AvgIpc) is 2.71. The number of nitrogens with zero attached hydrogens (tertiary/aromatic N) is 1. The van der Waals surface area contributed by atoms with E-state index in [4.69, 9.17) is 5.11 Å². The quantitative estimate of drug-likeness (QED) is 0.727. The molecule has 0 aromatic rings. The van der Waals surface area contributed by atoms with Gasteiger partial charge in [-0.05, 0) is 6.42 Å². The van der Waals surface area contributed by atoms with E-state index in [1.807, 2.05) is 0 Å². The number of carbonyl (C=O) groups is 1. The number of rotatable bonds is 5. The summed E-state index contributed by atoms with van der Waals surface area (Å²) < 4.78 is 84.6. The Morgan fingerprint density at radius 3 is 2.10 bits per heavy atom. The smallest absolute Gasteiger partial charge is 0.406 e. The Bertz CT molecular complexity index is 626. The summed E-state index contributed by atoms with van der Waals surface area (Å²) in [5.41, 5.74) is -3.15. The lowest BCUT2D eigenvalue weighted by molar-refractivity contribution is -0.226. The van der Waals surface area contributed by atoms with Crippen LogP contribution in [0.3, 0.4) is 0 Å². The highest BCUT2D eigenvalue weighted by Crippen LogP contribution is 2.46. The second-order valence-corrected chi connectivity index (χ2v) is 9.26. The summed E-state index contributed by atoms with van der Waals surface area (Å²) in [5, 5.41) is 8.80. The molecule has 0 aliphatic carbocycles. The number of carboxylic acids is 1. The number of carboxylic acid groups (broad SMARTS) is 1. The highest BCUT2D eigenvalue weighted by molar-refractivity contribution is 7.93. The molecule has 1 fully saturated rings. The van der Waals surface area contributed by atoms with E-state index in [0.29, 0.717) is 4.31 Å². The minimum Gasteiger partial charge on any atom is -0.481 e. The van der Waals surface area contributed by atoms with E-state index in [1.165, 1.54) is 0 Å². The molecular formula is C9H14F3NO6S2. The minimum absolute atomic E-state index is 0.389. The zero-order valence-electron chi connectivity index (χ0n) is 10.9. The van der Waals surface area contributed by atoms with Gasteiger partial charge < -0.3 is 5.11 Å². The minimum atomic E-state index is -5.10. The van der Waals surface area contributed by atoms with E-state index in [2.05, 4.69) is 0 Å². The summed E-state index contributed by atoms with van der Waals surface area (Å²) in [4.78, 5) is 10.9. The van der Waals surface area contributed by atoms with Gasteiger partial charge in [0.25, 0.3) is 0 Å². The highest BCUT2D eigenvalue weighted by Gasteiger charge is 2.64. The summed E-state index contributed by atoms with van der Waals surface area (Å²) in [6, 6.07) is 0. The van der Waals surface area contributed by atoms with E-state index in [9.17, 15) is 34.8 Å². The fraction of sp³-hybridized carbons (Fsp3) is 0.889. The molecule has 124 valence electrons. The molecule has 1 heterocycles. The van der Waals surface area contributed by atoms with Gasteiger partial charge in [0.05, 0.1) is 11.5 Å². The van der Waals surface area contributed by atoms with Gasteiger partial charge in [-0.1, -0.05) is 0 Å². The Hall–Kier alpha value is -0.880. The van der Waals surface area contributed by atoms with E-state index < -0.39 is 68.4 Å². The van der Waals surface area contributed by atoms with Gasteiger partial charge >= 0.3 is 12.1 Å². The van der Waals surface area contributed by atoms with Crippen molar-refractivity contribution in [2.24, 2.45) is 5.41 Å². The molecule has 1 saturated heterocycles. The van der Waals surface area contributed by atoms with Crippen LogP contribution in [0.25, 0.3) is 0 Å². The molecule has 0 radical (unpaired) electrons. The molecule has 21 heavy (non-hydrogen) atoms. The lowest BCUT2D eigenvalue weighted by atomic mass is 9.86. The molecule has 0 aromatic carbocycles. The topological polar surface area (TPSA) is 109 Å². The average molecular weight is 353 g/mol. The Morgan fingerprint density at radius 2 is 1.76 bits per heavy atom. The number of halogens is 3. The third kappa shape index (κ3) is 3.86. The van der Waals surface area contributed by atoms with Crippen molar-refractivity contribution in [3.8, 4) is 0 Å². The van der Waals surface area contributed by atoms with Gasteiger partial charge in [-0.15, -0.1) is 0 Å². The van der Waals surface area contributed by atoms with Gasteiger partial charge in [-0.3, -0.25) is 4.79 Å². The van der Waals surface area contributed by atoms with Crippen LogP contribution in [0.15, 0.2) is 0 Å². The van der Waals surface area contributed by atoms with Crippen molar-refractivity contribution in [2.75, 3.05) is 30.9 Å². The SMILES string of the molecule is CS(=O)(=O)CCS(=O)(=O)N1CCC(C(=O)O)(C(F)(F)F)C1. The number of hydrogen-bond acceptors (Lipinski definition) is 5. The van der Waals surface area contributed by atoms with Gasteiger partial charge in [0.15, 0.2) is 5.41 Å². The van der Waals surface area contributed by atoms with Gasteiger partial charge in [-0.2, -0.15) is 13.2 Å². The molecule has 1 rings (SSSR count). The van der Waals surface area contributed by atoms with Crippen LogP contribution in [-0.2, 0) is 24.7 Å². The summed E-state index contributed by atoms with van der Waals surface area (Å²) >= 11 is 0. The highest BCUT2D eigenvalue weighted by atomic mass is 32.2. The zero-order valence-corrected chi connectivity index (χ0v) is 12.6. The molecule has 7 nitrogen and oxygen atoms in total. The summed E-state index contributed by atoms with van der Waals surface area (Å²) in [6.07, 6.45) is -5.20. The van der Waals surface area contributed by atoms with Crippen LogP contribution >= 0.6 is 0 Å². The Balaban J connectivity index is 2.98. The summed E-state index contributed by atoms with van der Waals surface area (Å²) in [7, 11) is -7.87. The van der Waals surface area contributed by atoms with Crippen molar-refractivity contribution < 1.29 is 39.9 Å². The number of hydrogen-bond donors (Lipinski definition) is 1. The zero-order chi connectivity index (χ0) is 16.7. The molecular weight excluding hydrogens is 339 g/mol. The van der Waals surface area contributed by atoms with Crippen molar-refractivity contribution in [2.45, 2.75) is 12.6 Å². The van der Waals surface area contributed by atoms with Crippen LogP contribution in [0, 0.1) is 5.41 Å². The first-order valence-corrected chi connectivity index (χ1v) is 9.34. The standard InChI is InChI=1S/C9H14F3NO6S2/c1-20(16,17)4-5-21(18,19)13-3-2-8(6-13,7(14)15)9(10,11)12/h2-6H2,1H3,(H,14,15). The molecule has 0 amide bonds. The summed E-state index contributed by atoms with van der Waals surface area (Å²) in [6.45, 7) is -1.85. The van der Waals surface area contributed by atoms with Crippen LogP contribution < -0.4 is 0 Å². The number of sulfone groups is 1. The second-order valence-electron chi connectivity index (χ2n) is 4.91. The first kappa shape index (κ1) is 18.2. The maximum Gasteiger partial charge on any atom is 0.406 e. The third-order valence-corrected chi connectivity index (χ3v) is 6.31. The van der Waals surface area contributed by atoms with Gasteiger partial charge in [0.2, 0.25) is 10.0 Å². The normalized spacial score (nSPS) is 25.1. The van der Waals surface area contributed by atoms with E-state index in [-0.39, 0.29) is 0 Å². The van der Waals surface area contributed by atoms with Gasteiger partial charge in [0, 0.05) is 19.3 Å². The first-order chi connectivity index (χ1) is 9.21. The lowest BCUT2D eigenvalue weighted by Gasteiger charge is -2.27. The van der Waals surface area contributed by atoms with Crippen molar-refractivity contribution in [3.63, 3.8) is 0 Å². The van der Waals surface area contributed by atoms with E-state index >= 15 is 0 Å². The number of aliphatic carboxylic acids is 1. The third-order valence-electron chi connectivity index (χ3n) is 3.29. The fourth-order valence-corrected chi connectivity index (χ4v) is 5.02.